The number of aliphatic carboxylic acids is 1. The topological polar surface area (TPSA) is 55.8 Å². The van der Waals surface area contributed by atoms with Crippen molar-refractivity contribution in [3.05, 3.63) is 83.4 Å². The average Bonchev–Trinajstić information content (AvgIpc) is 2.72. The minimum Gasteiger partial charge on any atom is -0.490 e. The van der Waals surface area contributed by atoms with Gasteiger partial charge in [-0.15, -0.1) is 0 Å². The number of hydrogen-bond acceptors (Lipinski definition) is 3. The molecule has 1 N–H and O–H groups in total. The van der Waals surface area contributed by atoms with E-state index >= 15 is 0 Å². The third kappa shape index (κ3) is 5.97. The summed E-state index contributed by atoms with van der Waals surface area (Å²) >= 11 is 0. The molecular formula is C23H21F3O4. The minimum atomic E-state index is -4.42. The molecule has 0 aromatic heterocycles. The number of alkyl halides is 3. The number of rotatable bonds is 6. The van der Waals surface area contributed by atoms with Crippen molar-refractivity contribution in [3.63, 3.8) is 0 Å². The smallest absolute Gasteiger partial charge is 0.416 e. The van der Waals surface area contributed by atoms with Crippen molar-refractivity contribution in [1.82, 2.24) is 0 Å². The fourth-order valence-corrected chi connectivity index (χ4v) is 3.12. The number of hydrogen-bond donors (Lipinski definition) is 1. The summed E-state index contributed by atoms with van der Waals surface area (Å²) in [4.78, 5) is 10.8. The molecule has 4 nitrogen and oxygen atoms in total. The normalized spacial score (nSPS) is 16.0. The molecule has 0 unspecified atom stereocenters. The Hall–Kier alpha value is -3.06. The predicted molar refractivity (Wildman–Crippen MR) is 106 cm³/mol. The highest BCUT2D eigenvalue weighted by molar-refractivity contribution is 5.84. The molecule has 0 aliphatic carbocycles. The van der Waals surface area contributed by atoms with E-state index < -0.39 is 17.7 Å². The highest BCUT2D eigenvalue weighted by atomic mass is 19.4. The maximum Gasteiger partial charge on any atom is 0.416 e. The lowest BCUT2D eigenvalue weighted by Crippen LogP contribution is -2.25. The molecule has 1 fully saturated rings. The van der Waals surface area contributed by atoms with Gasteiger partial charge in [0, 0.05) is 18.9 Å². The lowest BCUT2D eigenvalue weighted by atomic mass is 9.96. The second kappa shape index (κ2) is 9.63. The maximum atomic E-state index is 12.9. The van der Waals surface area contributed by atoms with E-state index in [1.807, 2.05) is 0 Å². The number of benzene rings is 2. The zero-order valence-corrected chi connectivity index (χ0v) is 16.1. The van der Waals surface area contributed by atoms with Crippen LogP contribution in [0, 0.1) is 0 Å². The van der Waals surface area contributed by atoms with Crippen molar-refractivity contribution in [2.45, 2.75) is 25.1 Å². The minimum absolute atomic E-state index is 0.0908. The Labute approximate surface area is 172 Å². The summed E-state index contributed by atoms with van der Waals surface area (Å²) in [6, 6.07) is 11.9. The van der Waals surface area contributed by atoms with Crippen molar-refractivity contribution in [1.29, 1.82) is 0 Å². The van der Waals surface area contributed by atoms with Gasteiger partial charge in [-0.2, -0.15) is 13.2 Å². The Kier molecular flexibility index (Phi) is 6.95. The van der Waals surface area contributed by atoms with Gasteiger partial charge in [0.05, 0.1) is 18.8 Å². The largest absolute Gasteiger partial charge is 0.490 e. The van der Waals surface area contributed by atoms with E-state index in [4.69, 9.17) is 14.6 Å². The van der Waals surface area contributed by atoms with Crippen LogP contribution in [0.25, 0.3) is 5.57 Å². The van der Waals surface area contributed by atoms with Gasteiger partial charge in [-0.25, -0.2) is 4.79 Å². The van der Waals surface area contributed by atoms with Crippen LogP contribution in [-0.2, 0) is 15.7 Å². The van der Waals surface area contributed by atoms with E-state index in [1.165, 1.54) is 18.2 Å². The number of carboxylic acid groups (broad SMARTS) is 1. The Morgan fingerprint density at radius 2 is 1.57 bits per heavy atom. The van der Waals surface area contributed by atoms with E-state index in [2.05, 4.69) is 0 Å². The van der Waals surface area contributed by atoms with Gasteiger partial charge in [0.1, 0.15) is 11.9 Å². The number of ether oxygens (including phenoxy) is 2. The first kappa shape index (κ1) is 21.6. The lowest BCUT2D eigenvalue weighted by Gasteiger charge is -2.23. The average molecular weight is 418 g/mol. The van der Waals surface area contributed by atoms with Gasteiger partial charge in [0.15, 0.2) is 0 Å². The van der Waals surface area contributed by atoms with Crippen molar-refractivity contribution in [2.75, 3.05) is 13.2 Å². The summed E-state index contributed by atoms with van der Waals surface area (Å²) in [5.74, 6) is -0.420. The molecule has 0 saturated carbocycles. The van der Waals surface area contributed by atoms with Gasteiger partial charge >= 0.3 is 12.1 Å². The van der Waals surface area contributed by atoms with Crippen LogP contribution in [0.5, 0.6) is 5.75 Å². The summed E-state index contributed by atoms with van der Waals surface area (Å²) in [5.41, 5.74) is 1.12. The van der Waals surface area contributed by atoms with E-state index in [0.717, 1.165) is 36.6 Å². The highest BCUT2D eigenvalue weighted by Crippen LogP contribution is 2.32. The molecule has 0 spiro atoms. The first-order valence-electron chi connectivity index (χ1n) is 9.47. The molecule has 1 aliphatic heterocycles. The van der Waals surface area contributed by atoms with E-state index in [9.17, 15) is 18.0 Å². The first-order chi connectivity index (χ1) is 14.3. The van der Waals surface area contributed by atoms with Crippen LogP contribution in [0.3, 0.4) is 0 Å². The number of carbonyl (C=O) groups is 1. The Balaban J connectivity index is 1.85. The lowest BCUT2D eigenvalue weighted by molar-refractivity contribution is -0.137. The van der Waals surface area contributed by atoms with Gasteiger partial charge < -0.3 is 14.6 Å². The van der Waals surface area contributed by atoms with Crippen LogP contribution in [-0.4, -0.2) is 30.4 Å². The molecule has 0 atom stereocenters. The molecule has 1 aliphatic rings. The molecule has 0 radical (unpaired) electrons. The number of carboxylic acids is 1. The van der Waals surface area contributed by atoms with Gasteiger partial charge in [0.25, 0.3) is 0 Å². The third-order valence-electron chi connectivity index (χ3n) is 4.66. The molecule has 2 aromatic carbocycles. The molecule has 158 valence electrons. The summed E-state index contributed by atoms with van der Waals surface area (Å²) in [6.45, 7) is 1.33. The molecule has 3 rings (SSSR count). The monoisotopic (exact) mass is 418 g/mol. The first-order valence-corrected chi connectivity index (χ1v) is 9.47. The molecule has 7 heteroatoms. The molecule has 2 aromatic rings. The van der Waals surface area contributed by atoms with Crippen molar-refractivity contribution in [3.8, 4) is 5.75 Å². The maximum absolute atomic E-state index is 12.9. The standard InChI is InChI=1S/C23H21F3O4/c24-23(25,26)18-8-4-16(5-9-18)21(2-1-3-22(27)28)17-6-10-19(11-7-17)30-20-12-14-29-15-13-20/h1-11,20H,12-15H2,(H,27,28)/b3-1+,21-2+. The molecule has 30 heavy (non-hydrogen) atoms. The van der Waals surface area contributed by atoms with E-state index in [0.29, 0.717) is 30.1 Å². The second-order valence-corrected chi connectivity index (χ2v) is 6.81. The Morgan fingerprint density at radius 1 is 1.00 bits per heavy atom. The van der Waals surface area contributed by atoms with Gasteiger partial charge in [-0.05, 0) is 41.0 Å². The van der Waals surface area contributed by atoms with Crippen LogP contribution in [0.15, 0.2) is 66.8 Å². The fourth-order valence-electron chi connectivity index (χ4n) is 3.12. The van der Waals surface area contributed by atoms with Crippen LogP contribution in [0.1, 0.15) is 29.5 Å². The molecule has 0 amide bonds. The molecule has 0 bridgehead atoms. The highest BCUT2D eigenvalue weighted by Gasteiger charge is 2.30. The number of halogens is 3. The molecule has 1 saturated heterocycles. The van der Waals surface area contributed by atoms with Crippen LogP contribution < -0.4 is 4.74 Å². The summed E-state index contributed by atoms with van der Waals surface area (Å²) in [7, 11) is 0. The van der Waals surface area contributed by atoms with E-state index in [1.54, 1.807) is 30.3 Å². The van der Waals surface area contributed by atoms with Gasteiger partial charge in [0.2, 0.25) is 0 Å². The number of allylic oxidation sites excluding steroid dienone is 2. The summed E-state index contributed by atoms with van der Waals surface area (Å²) < 4.78 is 49.8. The quantitative estimate of drug-likeness (QED) is 0.509. The molecule has 1 heterocycles. The summed E-state index contributed by atoms with van der Waals surface area (Å²) in [5, 5.41) is 8.82. The van der Waals surface area contributed by atoms with Crippen LogP contribution in [0.2, 0.25) is 0 Å². The van der Waals surface area contributed by atoms with Crippen molar-refractivity contribution < 1.29 is 32.5 Å². The Bertz CT molecular complexity index is 907. The fraction of sp³-hybridized carbons (Fsp3) is 0.261. The predicted octanol–water partition coefficient (Wildman–Crippen LogP) is 5.34. The zero-order valence-electron chi connectivity index (χ0n) is 16.1. The summed E-state index contributed by atoms with van der Waals surface area (Å²) in [6.07, 6.45) is 1.18. The van der Waals surface area contributed by atoms with Crippen LogP contribution >= 0.6 is 0 Å². The van der Waals surface area contributed by atoms with Crippen molar-refractivity contribution >= 4 is 11.5 Å². The molecular weight excluding hydrogens is 397 g/mol. The van der Waals surface area contributed by atoms with Gasteiger partial charge in [-0.1, -0.05) is 36.4 Å². The second-order valence-electron chi connectivity index (χ2n) is 6.81. The van der Waals surface area contributed by atoms with E-state index in [-0.39, 0.29) is 6.10 Å². The van der Waals surface area contributed by atoms with Crippen LogP contribution in [0.4, 0.5) is 13.2 Å². The third-order valence-corrected chi connectivity index (χ3v) is 4.66. The van der Waals surface area contributed by atoms with Gasteiger partial charge in [-0.3, -0.25) is 0 Å². The zero-order chi connectivity index (χ0) is 21.6. The van der Waals surface area contributed by atoms with Crippen molar-refractivity contribution in [2.24, 2.45) is 0 Å². The SMILES string of the molecule is O=C(O)/C=C/C=C(/c1ccc(OC2CCOCC2)cc1)c1ccc(C(F)(F)F)cc1. The Morgan fingerprint density at radius 3 is 2.10 bits per heavy atom.